The molecular weight excluding hydrogens is 158 g/mol. The van der Waals surface area contributed by atoms with Gasteiger partial charge in [-0.25, -0.2) is 0 Å². The lowest BCUT2D eigenvalue weighted by Crippen LogP contribution is -1.91. The molecule has 0 saturated heterocycles. The summed E-state index contributed by atoms with van der Waals surface area (Å²) in [6.45, 7) is 0. The van der Waals surface area contributed by atoms with Gasteiger partial charge in [-0.15, -0.1) is 0 Å². The topological polar surface area (TPSA) is 21.3 Å². The zero-order valence-electron chi connectivity index (χ0n) is 6.20. The van der Waals surface area contributed by atoms with E-state index in [4.69, 9.17) is 4.74 Å². The van der Waals surface area contributed by atoms with Crippen LogP contribution in [0.15, 0.2) is 24.3 Å². The van der Waals surface area contributed by atoms with Crippen molar-refractivity contribution < 1.29 is 4.74 Å². The molecule has 0 saturated carbocycles. The molecule has 0 atom stereocenters. The average molecular weight is 167 g/mol. The van der Waals surface area contributed by atoms with Gasteiger partial charge in [-0.1, -0.05) is 12.2 Å². The predicted molar refractivity (Wildman–Crippen MR) is 50.3 cm³/mol. The Morgan fingerprint density at radius 2 is 2.00 bits per heavy atom. The molecule has 0 spiro atoms. The zero-order valence-corrected chi connectivity index (χ0v) is 7.02. The molecule has 11 heavy (non-hydrogen) atoms. The van der Waals surface area contributed by atoms with E-state index in [1.165, 1.54) is 5.49 Å². The molecule has 58 valence electrons. The fourth-order valence-electron chi connectivity index (χ4n) is 0.755. The monoisotopic (exact) mass is 167 g/mol. The maximum atomic E-state index is 4.98. The standard InChI is InChI=1S/C8H9NOS/c1-10-8-4-2-7(3-5-8)9-6-11/h2-6H,1H3,(H,9,11). The average Bonchev–Trinajstić information content (AvgIpc) is 2.07. The molecule has 3 heteroatoms. The molecule has 0 radical (unpaired) electrons. The van der Waals surface area contributed by atoms with E-state index in [9.17, 15) is 0 Å². The van der Waals surface area contributed by atoms with Gasteiger partial charge in [0.05, 0.1) is 12.6 Å². The first-order valence-corrected chi connectivity index (χ1v) is 3.68. The molecule has 0 aromatic heterocycles. The Bertz CT molecular complexity index is 232. The van der Waals surface area contributed by atoms with Crippen molar-refractivity contribution in [3.8, 4) is 5.75 Å². The molecule has 1 aromatic carbocycles. The Labute approximate surface area is 71.2 Å². The van der Waals surface area contributed by atoms with E-state index in [0.717, 1.165) is 11.4 Å². The third-order valence-electron chi connectivity index (χ3n) is 1.32. The van der Waals surface area contributed by atoms with Crippen LogP contribution in [-0.4, -0.2) is 12.6 Å². The summed E-state index contributed by atoms with van der Waals surface area (Å²) in [5.74, 6) is 0.847. The Kier molecular flexibility index (Phi) is 2.86. The second-order valence-electron chi connectivity index (χ2n) is 1.99. The first-order valence-electron chi connectivity index (χ1n) is 3.21. The summed E-state index contributed by atoms with van der Waals surface area (Å²) >= 11 is 4.63. The van der Waals surface area contributed by atoms with Crippen LogP contribution in [0.3, 0.4) is 0 Å². The number of benzene rings is 1. The molecule has 1 rings (SSSR count). The first-order chi connectivity index (χ1) is 5.36. The van der Waals surface area contributed by atoms with Gasteiger partial charge in [-0.3, -0.25) is 0 Å². The third-order valence-corrected chi connectivity index (χ3v) is 1.43. The lowest BCUT2D eigenvalue weighted by atomic mass is 10.3. The van der Waals surface area contributed by atoms with Crippen molar-refractivity contribution in [2.45, 2.75) is 0 Å². The quantitative estimate of drug-likeness (QED) is 0.696. The normalized spacial score (nSPS) is 8.82. The van der Waals surface area contributed by atoms with Gasteiger partial charge in [0.25, 0.3) is 0 Å². The van der Waals surface area contributed by atoms with E-state index < -0.39 is 0 Å². The first kappa shape index (κ1) is 8.01. The van der Waals surface area contributed by atoms with Gasteiger partial charge in [-0.2, -0.15) is 0 Å². The van der Waals surface area contributed by atoms with Crippen LogP contribution in [-0.2, 0) is 0 Å². The molecule has 0 aliphatic carbocycles. The summed E-state index contributed by atoms with van der Waals surface area (Å²) in [5, 5.41) is 2.89. The van der Waals surface area contributed by atoms with E-state index in [2.05, 4.69) is 17.5 Å². The van der Waals surface area contributed by atoms with Crippen LogP contribution in [0.5, 0.6) is 5.75 Å². The molecule has 0 aliphatic rings. The summed E-state index contributed by atoms with van der Waals surface area (Å²) in [6, 6.07) is 7.56. The Morgan fingerprint density at radius 3 is 2.45 bits per heavy atom. The smallest absolute Gasteiger partial charge is 0.119 e. The highest BCUT2D eigenvalue weighted by atomic mass is 32.1. The minimum Gasteiger partial charge on any atom is -0.497 e. The number of hydrogen-bond acceptors (Lipinski definition) is 2. The van der Waals surface area contributed by atoms with E-state index in [1.54, 1.807) is 7.11 Å². The number of methoxy groups -OCH3 is 1. The summed E-state index contributed by atoms with van der Waals surface area (Å²) < 4.78 is 4.98. The molecule has 0 aliphatic heterocycles. The maximum Gasteiger partial charge on any atom is 0.119 e. The van der Waals surface area contributed by atoms with Gasteiger partial charge in [-0.05, 0) is 24.3 Å². The molecule has 1 N–H and O–H groups in total. The Balaban J connectivity index is 2.74. The van der Waals surface area contributed by atoms with Crippen LogP contribution in [0.1, 0.15) is 0 Å². The number of thiocarbonyl (C=S) groups is 1. The molecule has 0 unspecified atom stereocenters. The van der Waals surface area contributed by atoms with Crippen molar-refractivity contribution in [3.05, 3.63) is 24.3 Å². The molecule has 0 bridgehead atoms. The number of anilines is 1. The van der Waals surface area contributed by atoms with Crippen LogP contribution in [0, 0.1) is 0 Å². The molecule has 1 aromatic rings. The largest absolute Gasteiger partial charge is 0.497 e. The van der Waals surface area contributed by atoms with Crippen LogP contribution in [0.2, 0.25) is 0 Å². The van der Waals surface area contributed by atoms with E-state index in [1.807, 2.05) is 24.3 Å². The van der Waals surface area contributed by atoms with Crippen molar-refractivity contribution in [2.24, 2.45) is 0 Å². The second kappa shape index (κ2) is 3.93. The molecule has 0 amide bonds. The van der Waals surface area contributed by atoms with Crippen LogP contribution >= 0.6 is 12.2 Å². The van der Waals surface area contributed by atoms with Gasteiger partial charge in [0.15, 0.2) is 0 Å². The van der Waals surface area contributed by atoms with Crippen molar-refractivity contribution in [1.82, 2.24) is 0 Å². The lowest BCUT2D eigenvalue weighted by molar-refractivity contribution is 0.415. The van der Waals surface area contributed by atoms with E-state index in [-0.39, 0.29) is 0 Å². The van der Waals surface area contributed by atoms with Crippen molar-refractivity contribution in [3.63, 3.8) is 0 Å². The van der Waals surface area contributed by atoms with Crippen molar-refractivity contribution >= 4 is 23.4 Å². The molecule has 0 fully saturated rings. The van der Waals surface area contributed by atoms with Gasteiger partial charge in [0.2, 0.25) is 0 Å². The van der Waals surface area contributed by atoms with Crippen molar-refractivity contribution in [2.75, 3.05) is 12.4 Å². The highest BCUT2D eigenvalue weighted by molar-refractivity contribution is 7.79. The number of hydrogen-bond donors (Lipinski definition) is 1. The lowest BCUT2D eigenvalue weighted by Gasteiger charge is -2.01. The predicted octanol–water partition coefficient (Wildman–Crippen LogP) is 2.06. The third kappa shape index (κ3) is 2.20. The highest BCUT2D eigenvalue weighted by Crippen LogP contribution is 2.13. The Morgan fingerprint density at radius 1 is 1.36 bits per heavy atom. The zero-order chi connectivity index (χ0) is 8.10. The Hall–Kier alpha value is -1.09. The van der Waals surface area contributed by atoms with Gasteiger partial charge >= 0.3 is 0 Å². The van der Waals surface area contributed by atoms with Crippen LogP contribution in [0.4, 0.5) is 5.69 Å². The maximum absolute atomic E-state index is 4.98. The number of ether oxygens (including phenoxy) is 1. The summed E-state index contributed by atoms with van der Waals surface area (Å²) in [6.07, 6.45) is 0. The summed E-state index contributed by atoms with van der Waals surface area (Å²) in [5.41, 5.74) is 2.45. The molecular formula is C8H9NOS. The van der Waals surface area contributed by atoms with Gasteiger partial charge < -0.3 is 10.1 Å². The van der Waals surface area contributed by atoms with E-state index in [0.29, 0.717) is 0 Å². The summed E-state index contributed by atoms with van der Waals surface area (Å²) in [4.78, 5) is 0. The fourth-order valence-corrected chi connectivity index (χ4v) is 0.891. The molecule has 0 heterocycles. The SMILES string of the molecule is COc1ccc(NC=S)cc1. The van der Waals surface area contributed by atoms with Gasteiger partial charge in [0, 0.05) is 5.69 Å². The molecule has 2 nitrogen and oxygen atoms in total. The van der Waals surface area contributed by atoms with Crippen molar-refractivity contribution in [1.29, 1.82) is 0 Å². The minimum atomic E-state index is 0.847. The fraction of sp³-hybridized carbons (Fsp3) is 0.125. The number of rotatable bonds is 3. The second-order valence-corrected chi connectivity index (χ2v) is 2.23. The summed E-state index contributed by atoms with van der Waals surface area (Å²) in [7, 11) is 1.64. The van der Waals surface area contributed by atoms with E-state index >= 15 is 0 Å². The van der Waals surface area contributed by atoms with Gasteiger partial charge in [0.1, 0.15) is 5.75 Å². The minimum absolute atomic E-state index is 0.847. The highest BCUT2D eigenvalue weighted by Gasteiger charge is 1.89. The van der Waals surface area contributed by atoms with Crippen LogP contribution < -0.4 is 10.1 Å². The van der Waals surface area contributed by atoms with Crippen LogP contribution in [0.25, 0.3) is 0 Å². The number of nitrogens with one attached hydrogen (secondary N) is 1.